The van der Waals surface area contributed by atoms with E-state index >= 15 is 0 Å². The zero-order valence-electron chi connectivity index (χ0n) is 17.6. The maximum Gasteiger partial charge on any atom is 0.379 e. The van der Waals surface area contributed by atoms with E-state index < -0.39 is 5.97 Å². The molecule has 0 bridgehead atoms. The van der Waals surface area contributed by atoms with E-state index in [4.69, 9.17) is 13.9 Å². The van der Waals surface area contributed by atoms with E-state index in [1.165, 1.54) is 18.5 Å². The highest BCUT2D eigenvalue weighted by Gasteiger charge is 2.11. The van der Waals surface area contributed by atoms with Crippen molar-refractivity contribution >= 4 is 18.1 Å². The number of esters is 1. The lowest BCUT2D eigenvalue weighted by Gasteiger charge is -2.14. The molecule has 0 aliphatic carbocycles. The molecule has 31 heavy (non-hydrogen) atoms. The molecule has 0 spiro atoms. The standard InChI is InChI=1S/C24H24N2O5/c1-16(2)20-11-6-17(3)13-22(20)30-15-23(27)26-25-14-18-7-9-19(10-8-18)31-24(28)21-5-4-12-29-21/h4-14,16H,15H2,1-3H3,(H,26,27)/b25-14-. The third kappa shape index (κ3) is 6.30. The van der Waals surface area contributed by atoms with Crippen molar-refractivity contribution in [2.75, 3.05) is 6.61 Å². The molecule has 0 atom stereocenters. The van der Waals surface area contributed by atoms with Crippen molar-refractivity contribution in [2.24, 2.45) is 5.10 Å². The number of amides is 1. The molecule has 3 rings (SSSR count). The van der Waals surface area contributed by atoms with E-state index in [0.717, 1.165) is 16.7 Å². The molecule has 0 aliphatic rings. The van der Waals surface area contributed by atoms with Gasteiger partial charge in [-0.2, -0.15) is 5.10 Å². The van der Waals surface area contributed by atoms with Gasteiger partial charge in [0.25, 0.3) is 5.91 Å². The molecule has 0 radical (unpaired) electrons. The number of hydrogen-bond donors (Lipinski definition) is 1. The third-order valence-corrected chi connectivity index (χ3v) is 4.37. The van der Waals surface area contributed by atoms with E-state index in [2.05, 4.69) is 24.4 Å². The molecular weight excluding hydrogens is 396 g/mol. The van der Waals surface area contributed by atoms with Gasteiger partial charge in [-0.25, -0.2) is 10.2 Å². The Morgan fingerprint density at radius 3 is 2.58 bits per heavy atom. The molecule has 0 unspecified atom stereocenters. The van der Waals surface area contributed by atoms with Crippen molar-refractivity contribution in [3.05, 3.63) is 83.3 Å². The maximum atomic E-state index is 12.0. The fourth-order valence-electron chi connectivity index (χ4n) is 2.77. The maximum absolute atomic E-state index is 12.0. The van der Waals surface area contributed by atoms with Gasteiger partial charge in [0.2, 0.25) is 5.76 Å². The van der Waals surface area contributed by atoms with Crippen LogP contribution in [0.2, 0.25) is 0 Å². The Bertz CT molecular complexity index is 1050. The molecule has 0 fully saturated rings. The van der Waals surface area contributed by atoms with Crippen LogP contribution >= 0.6 is 0 Å². The lowest BCUT2D eigenvalue weighted by atomic mass is 10.0. The fourth-order valence-corrected chi connectivity index (χ4v) is 2.77. The van der Waals surface area contributed by atoms with Crippen molar-refractivity contribution in [3.8, 4) is 11.5 Å². The zero-order valence-corrected chi connectivity index (χ0v) is 17.6. The Hall–Kier alpha value is -3.87. The summed E-state index contributed by atoms with van der Waals surface area (Å²) < 4.78 is 15.9. The van der Waals surface area contributed by atoms with Crippen molar-refractivity contribution in [2.45, 2.75) is 26.7 Å². The summed E-state index contributed by atoms with van der Waals surface area (Å²) in [4.78, 5) is 23.9. The predicted molar refractivity (Wildman–Crippen MR) is 117 cm³/mol. The highest BCUT2D eigenvalue weighted by Crippen LogP contribution is 2.27. The molecular formula is C24H24N2O5. The molecule has 0 saturated heterocycles. The number of furan rings is 1. The minimum atomic E-state index is -0.576. The smallest absolute Gasteiger partial charge is 0.379 e. The highest BCUT2D eigenvalue weighted by atomic mass is 16.5. The highest BCUT2D eigenvalue weighted by molar-refractivity contribution is 5.88. The van der Waals surface area contributed by atoms with Gasteiger partial charge >= 0.3 is 5.97 Å². The van der Waals surface area contributed by atoms with Gasteiger partial charge in [0.15, 0.2) is 6.61 Å². The first-order valence-electron chi connectivity index (χ1n) is 9.83. The van der Waals surface area contributed by atoms with Crippen LogP contribution in [-0.4, -0.2) is 24.7 Å². The van der Waals surface area contributed by atoms with Gasteiger partial charge in [-0.3, -0.25) is 4.79 Å². The summed E-state index contributed by atoms with van der Waals surface area (Å²) in [6.07, 6.45) is 2.89. The van der Waals surface area contributed by atoms with E-state index in [1.54, 1.807) is 30.3 Å². The summed E-state index contributed by atoms with van der Waals surface area (Å²) in [5, 5.41) is 3.93. The molecule has 3 aromatic rings. The summed E-state index contributed by atoms with van der Waals surface area (Å²) in [5.74, 6) is 0.549. The van der Waals surface area contributed by atoms with E-state index in [1.807, 2.05) is 25.1 Å². The fraction of sp³-hybridized carbons (Fsp3) is 0.208. The Balaban J connectivity index is 1.49. The Kier molecular flexibility index (Phi) is 7.22. The van der Waals surface area contributed by atoms with Crippen LogP contribution in [0.25, 0.3) is 0 Å². The van der Waals surface area contributed by atoms with Crippen molar-refractivity contribution in [1.82, 2.24) is 5.43 Å². The summed E-state index contributed by atoms with van der Waals surface area (Å²) in [6, 6.07) is 15.8. The summed E-state index contributed by atoms with van der Waals surface area (Å²) in [5.41, 5.74) is 5.28. The minimum absolute atomic E-state index is 0.127. The van der Waals surface area contributed by atoms with Gasteiger partial charge in [-0.15, -0.1) is 0 Å². The second kappa shape index (κ2) is 10.2. The predicted octanol–water partition coefficient (Wildman–Crippen LogP) is 4.46. The van der Waals surface area contributed by atoms with Crippen LogP contribution in [-0.2, 0) is 4.79 Å². The average molecular weight is 420 g/mol. The van der Waals surface area contributed by atoms with Crippen molar-refractivity contribution in [3.63, 3.8) is 0 Å². The van der Waals surface area contributed by atoms with Crippen LogP contribution in [0.15, 0.2) is 70.4 Å². The number of rotatable bonds is 8. The summed E-state index contributed by atoms with van der Waals surface area (Å²) in [6.45, 7) is 5.99. The van der Waals surface area contributed by atoms with Gasteiger partial charge in [0.1, 0.15) is 11.5 Å². The molecule has 1 N–H and O–H groups in total. The number of ether oxygens (including phenoxy) is 2. The SMILES string of the molecule is Cc1ccc(C(C)C)c(OCC(=O)N/N=C\c2ccc(OC(=O)c3ccco3)cc2)c1. The van der Waals surface area contributed by atoms with Gasteiger partial charge < -0.3 is 13.9 Å². The molecule has 7 heteroatoms. The number of carbonyl (C=O) groups excluding carboxylic acids is 2. The molecule has 2 aromatic carbocycles. The molecule has 0 saturated carbocycles. The Morgan fingerprint density at radius 1 is 1.13 bits per heavy atom. The van der Waals surface area contributed by atoms with Crippen LogP contribution in [0.4, 0.5) is 0 Å². The van der Waals surface area contributed by atoms with Crippen LogP contribution < -0.4 is 14.9 Å². The van der Waals surface area contributed by atoms with Crippen molar-refractivity contribution in [1.29, 1.82) is 0 Å². The molecule has 7 nitrogen and oxygen atoms in total. The number of benzene rings is 2. The Labute approximate surface area is 180 Å². The van der Waals surface area contributed by atoms with Crippen LogP contribution in [0, 0.1) is 6.92 Å². The topological polar surface area (TPSA) is 90.1 Å². The molecule has 1 amide bonds. The van der Waals surface area contributed by atoms with Gasteiger partial charge in [-0.05, 0) is 72.0 Å². The Morgan fingerprint density at radius 2 is 1.90 bits per heavy atom. The number of carbonyl (C=O) groups is 2. The molecule has 160 valence electrons. The summed E-state index contributed by atoms with van der Waals surface area (Å²) in [7, 11) is 0. The van der Waals surface area contributed by atoms with Gasteiger partial charge in [0, 0.05) is 0 Å². The van der Waals surface area contributed by atoms with Crippen molar-refractivity contribution < 1.29 is 23.5 Å². The van der Waals surface area contributed by atoms with E-state index in [9.17, 15) is 9.59 Å². The monoisotopic (exact) mass is 420 g/mol. The second-order valence-electron chi connectivity index (χ2n) is 7.21. The molecule has 1 heterocycles. The van der Waals surface area contributed by atoms with E-state index in [-0.39, 0.29) is 24.2 Å². The molecule has 1 aromatic heterocycles. The number of nitrogens with zero attached hydrogens (tertiary/aromatic N) is 1. The third-order valence-electron chi connectivity index (χ3n) is 4.37. The van der Waals surface area contributed by atoms with Crippen LogP contribution in [0.1, 0.15) is 47.0 Å². The minimum Gasteiger partial charge on any atom is -0.483 e. The quantitative estimate of drug-likeness (QED) is 0.251. The number of hydrogen-bond acceptors (Lipinski definition) is 6. The zero-order chi connectivity index (χ0) is 22.2. The number of hydrazone groups is 1. The van der Waals surface area contributed by atoms with E-state index in [0.29, 0.717) is 11.5 Å². The van der Waals surface area contributed by atoms with Gasteiger partial charge in [-0.1, -0.05) is 26.0 Å². The first-order chi connectivity index (χ1) is 14.9. The summed E-state index contributed by atoms with van der Waals surface area (Å²) >= 11 is 0. The normalized spacial score (nSPS) is 11.0. The molecule has 0 aliphatic heterocycles. The van der Waals surface area contributed by atoms with Gasteiger partial charge in [0.05, 0.1) is 12.5 Å². The van der Waals surface area contributed by atoms with Crippen LogP contribution in [0.5, 0.6) is 11.5 Å². The first kappa shape index (κ1) is 21.8. The number of aryl methyl sites for hydroxylation is 1. The average Bonchev–Trinajstić information content (AvgIpc) is 3.28. The largest absolute Gasteiger partial charge is 0.483 e. The number of nitrogens with one attached hydrogen (secondary N) is 1. The lowest BCUT2D eigenvalue weighted by molar-refractivity contribution is -0.123. The van der Waals surface area contributed by atoms with Crippen LogP contribution in [0.3, 0.4) is 0 Å². The second-order valence-corrected chi connectivity index (χ2v) is 7.21. The lowest BCUT2D eigenvalue weighted by Crippen LogP contribution is -2.25. The first-order valence-corrected chi connectivity index (χ1v) is 9.83.